The average molecular weight is 266 g/mol. The van der Waals surface area contributed by atoms with Crippen molar-refractivity contribution in [2.24, 2.45) is 17.3 Å². The number of phenolic OH excluding ortho intramolecular Hbond substituents is 1. The lowest BCUT2D eigenvalue weighted by molar-refractivity contribution is 0.143. The molecule has 4 atom stereocenters. The number of aromatic hydroxyl groups is 1. The fourth-order valence-electron chi connectivity index (χ4n) is 4.72. The number of phenols is 1. The van der Waals surface area contributed by atoms with E-state index in [9.17, 15) is 5.11 Å². The first-order valence-corrected chi connectivity index (χ1v) is 7.54. The summed E-state index contributed by atoms with van der Waals surface area (Å²) in [6.07, 6.45) is 8.53. The first kappa shape index (κ1) is 12.1. The number of hydrogen-bond donors (Lipinski definition) is 2. The van der Waals surface area contributed by atoms with E-state index in [1.807, 2.05) is 18.2 Å². The molecule has 2 N–H and O–H groups in total. The highest BCUT2D eigenvalue weighted by Crippen LogP contribution is 2.57. The fourth-order valence-corrected chi connectivity index (χ4v) is 4.72. The highest BCUT2D eigenvalue weighted by Gasteiger charge is 2.55. The van der Waals surface area contributed by atoms with Gasteiger partial charge < -0.3 is 10.5 Å². The van der Waals surface area contributed by atoms with Crippen molar-refractivity contribution in [3.8, 4) is 5.75 Å². The second kappa shape index (κ2) is 3.91. The van der Waals surface area contributed by atoms with Crippen LogP contribution in [0.4, 0.5) is 0 Å². The molecule has 1 aromatic rings. The Labute approximate surface area is 120 Å². The van der Waals surface area contributed by atoms with Gasteiger partial charge >= 0.3 is 0 Å². The molecule has 1 aromatic carbocycles. The number of aryl methyl sites for hydroxylation is 1. The molecular formula is C18H20NO+. The molecular weight excluding hydrogens is 246 g/mol. The Balaban J connectivity index is 1.75. The van der Waals surface area contributed by atoms with Crippen LogP contribution >= 0.6 is 0 Å². The summed E-state index contributed by atoms with van der Waals surface area (Å²) < 4.78 is 0. The van der Waals surface area contributed by atoms with E-state index < -0.39 is 0 Å². The van der Waals surface area contributed by atoms with E-state index in [0.717, 1.165) is 31.4 Å². The SMILES string of the molecule is [CH2+][C@]12CCC3c4ccc(O)cc4CCC3C1C=CC2=N. The number of allylic oxidation sites excluding steroid dienone is 2. The second-order valence-electron chi connectivity index (χ2n) is 6.69. The van der Waals surface area contributed by atoms with E-state index in [2.05, 4.69) is 19.1 Å². The lowest BCUT2D eigenvalue weighted by Crippen LogP contribution is -2.42. The monoisotopic (exact) mass is 266 g/mol. The molecule has 2 heteroatoms. The molecule has 20 heavy (non-hydrogen) atoms. The average Bonchev–Trinajstić information content (AvgIpc) is 2.74. The highest BCUT2D eigenvalue weighted by molar-refractivity contribution is 6.00. The van der Waals surface area contributed by atoms with Gasteiger partial charge in [-0.15, -0.1) is 0 Å². The summed E-state index contributed by atoms with van der Waals surface area (Å²) in [4.78, 5) is 0. The van der Waals surface area contributed by atoms with Crippen molar-refractivity contribution >= 4 is 5.71 Å². The van der Waals surface area contributed by atoms with Gasteiger partial charge in [0.05, 0.1) is 12.6 Å². The van der Waals surface area contributed by atoms with Gasteiger partial charge in [-0.05, 0) is 60.4 Å². The maximum atomic E-state index is 9.66. The molecule has 0 bridgehead atoms. The smallest absolute Gasteiger partial charge is 0.153 e. The van der Waals surface area contributed by atoms with E-state index in [0.29, 0.717) is 23.5 Å². The summed E-state index contributed by atoms with van der Waals surface area (Å²) in [5.74, 6) is 2.00. The van der Waals surface area contributed by atoms with Gasteiger partial charge in [-0.3, -0.25) is 0 Å². The van der Waals surface area contributed by atoms with Crippen molar-refractivity contribution in [1.82, 2.24) is 0 Å². The largest absolute Gasteiger partial charge is 0.508 e. The molecule has 0 aliphatic heterocycles. The van der Waals surface area contributed by atoms with Gasteiger partial charge in [0.15, 0.2) is 5.41 Å². The number of rotatable bonds is 0. The minimum Gasteiger partial charge on any atom is -0.508 e. The van der Waals surface area contributed by atoms with Crippen molar-refractivity contribution in [2.75, 3.05) is 0 Å². The van der Waals surface area contributed by atoms with Crippen LogP contribution in [0.5, 0.6) is 5.75 Å². The molecule has 2 nitrogen and oxygen atoms in total. The van der Waals surface area contributed by atoms with Crippen molar-refractivity contribution < 1.29 is 5.11 Å². The third kappa shape index (κ3) is 1.45. The lowest BCUT2D eigenvalue weighted by atomic mass is 9.55. The van der Waals surface area contributed by atoms with E-state index in [-0.39, 0.29) is 5.41 Å². The van der Waals surface area contributed by atoms with E-state index in [1.54, 1.807) is 0 Å². The topological polar surface area (TPSA) is 44.1 Å². The Morgan fingerprint density at radius 3 is 3.00 bits per heavy atom. The number of benzene rings is 1. The van der Waals surface area contributed by atoms with Crippen molar-refractivity contribution in [1.29, 1.82) is 5.41 Å². The standard InChI is InChI=1S/C18H19NO/c1-18-9-8-14-13-5-3-12(20)10-11(13)2-4-15(14)16(18)6-7-17(18)19/h3,5-7,10,14-16,19H,1-2,4,8-9H2/p+1/t14?,15?,16?,18-/m0/s1. The van der Waals surface area contributed by atoms with Crippen molar-refractivity contribution in [2.45, 2.75) is 31.6 Å². The van der Waals surface area contributed by atoms with Gasteiger partial charge in [-0.1, -0.05) is 12.1 Å². The van der Waals surface area contributed by atoms with Crippen LogP contribution in [0.3, 0.4) is 0 Å². The van der Waals surface area contributed by atoms with Gasteiger partial charge in [-0.2, -0.15) is 0 Å². The van der Waals surface area contributed by atoms with Crippen LogP contribution in [0.2, 0.25) is 0 Å². The molecule has 0 saturated heterocycles. The van der Waals surface area contributed by atoms with Crippen LogP contribution in [0.1, 0.15) is 36.3 Å². The quantitative estimate of drug-likeness (QED) is 0.688. The number of hydrogen-bond acceptors (Lipinski definition) is 2. The third-order valence-electron chi connectivity index (χ3n) is 5.80. The summed E-state index contributed by atoms with van der Waals surface area (Å²) in [7, 11) is 0. The van der Waals surface area contributed by atoms with Crippen LogP contribution in [0, 0.1) is 29.6 Å². The molecule has 0 spiro atoms. The number of nitrogens with one attached hydrogen (secondary N) is 1. The summed E-state index contributed by atoms with van der Waals surface area (Å²) in [6, 6.07) is 5.87. The van der Waals surface area contributed by atoms with Crippen molar-refractivity contribution in [3.63, 3.8) is 0 Å². The Bertz CT molecular complexity index is 618. The Morgan fingerprint density at radius 2 is 2.15 bits per heavy atom. The Kier molecular flexibility index (Phi) is 2.36. The maximum absolute atomic E-state index is 9.66. The predicted molar refractivity (Wildman–Crippen MR) is 80.0 cm³/mol. The van der Waals surface area contributed by atoms with Gasteiger partial charge in [0, 0.05) is 12.3 Å². The van der Waals surface area contributed by atoms with E-state index in [1.165, 1.54) is 11.1 Å². The van der Waals surface area contributed by atoms with Crippen LogP contribution in [0.25, 0.3) is 0 Å². The molecule has 4 rings (SSSR count). The Morgan fingerprint density at radius 1 is 1.30 bits per heavy atom. The highest BCUT2D eigenvalue weighted by atomic mass is 16.3. The zero-order valence-electron chi connectivity index (χ0n) is 11.6. The van der Waals surface area contributed by atoms with Crippen LogP contribution in [-0.4, -0.2) is 10.8 Å². The second-order valence-corrected chi connectivity index (χ2v) is 6.69. The lowest BCUT2D eigenvalue weighted by Gasteiger charge is -2.45. The van der Waals surface area contributed by atoms with Crippen LogP contribution < -0.4 is 0 Å². The molecule has 3 aliphatic rings. The molecule has 0 radical (unpaired) electrons. The zero-order chi connectivity index (χ0) is 13.9. The summed E-state index contributed by atoms with van der Waals surface area (Å²) in [5.41, 5.74) is 3.29. The molecule has 1 saturated carbocycles. The summed E-state index contributed by atoms with van der Waals surface area (Å²) in [6.45, 7) is 4.41. The minimum atomic E-state index is -0.171. The normalized spacial score (nSPS) is 38.2. The fraction of sp³-hybridized carbons (Fsp3) is 0.444. The first-order chi connectivity index (χ1) is 9.59. The van der Waals surface area contributed by atoms with Crippen molar-refractivity contribution in [3.05, 3.63) is 48.4 Å². The maximum Gasteiger partial charge on any atom is 0.153 e. The summed E-state index contributed by atoms with van der Waals surface area (Å²) >= 11 is 0. The molecule has 102 valence electrons. The van der Waals surface area contributed by atoms with E-state index >= 15 is 0 Å². The Hall–Kier alpha value is -1.70. The molecule has 0 aromatic heterocycles. The van der Waals surface area contributed by atoms with Gasteiger partial charge in [0.1, 0.15) is 5.75 Å². The number of fused-ring (bicyclic) bond motifs is 5. The first-order valence-electron chi connectivity index (χ1n) is 7.54. The van der Waals surface area contributed by atoms with Gasteiger partial charge in [0.25, 0.3) is 0 Å². The van der Waals surface area contributed by atoms with Crippen LogP contribution in [0.15, 0.2) is 30.4 Å². The molecule has 1 fully saturated rings. The van der Waals surface area contributed by atoms with Gasteiger partial charge in [0.2, 0.25) is 0 Å². The molecule has 3 aliphatic carbocycles. The minimum absolute atomic E-state index is 0.171. The molecule has 3 unspecified atom stereocenters. The molecule has 0 amide bonds. The third-order valence-corrected chi connectivity index (χ3v) is 5.80. The molecule has 0 heterocycles. The predicted octanol–water partition coefficient (Wildman–Crippen LogP) is 3.86. The van der Waals surface area contributed by atoms with Gasteiger partial charge in [-0.25, -0.2) is 0 Å². The van der Waals surface area contributed by atoms with Crippen LogP contribution in [-0.2, 0) is 6.42 Å². The zero-order valence-corrected chi connectivity index (χ0v) is 11.6. The van der Waals surface area contributed by atoms with E-state index in [4.69, 9.17) is 5.41 Å². The summed E-state index contributed by atoms with van der Waals surface area (Å²) in [5, 5.41) is 17.8.